The van der Waals surface area contributed by atoms with Crippen LogP contribution in [-0.4, -0.2) is 52.5 Å². The van der Waals surface area contributed by atoms with Crippen LogP contribution in [0, 0.1) is 10.8 Å². The Morgan fingerprint density at radius 3 is 2.10 bits per heavy atom. The van der Waals surface area contributed by atoms with Crippen molar-refractivity contribution in [1.29, 1.82) is 0 Å². The van der Waals surface area contributed by atoms with Gasteiger partial charge in [-0.1, -0.05) is 0 Å². The Kier molecular flexibility index (Phi) is 7.93. The highest BCUT2D eigenvalue weighted by atomic mass is 16.6. The number of carbonyl (C=O) groups is 2. The van der Waals surface area contributed by atoms with E-state index in [1.54, 1.807) is 41.5 Å². The number of hydrogen-bond donors (Lipinski definition) is 2. The van der Waals surface area contributed by atoms with Gasteiger partial charge in [-0.15, -0.1) is 0 Å². The summed E-state index contributed by atoms with van der Waals surface area (Å²) in [6.45, 7) is 9.48. The molecular weight excluding hydrogens is 384 g/mol. The van der Waals surface area contributed by atoms with Gasteiger partial charge >= 0.3 is 17.6 Å². The first-order chi connectivity index (χ1) is 13.2. The summed E-state index contributed by atoms with van der Waals surface area (Å²) < 4.78 is 16.6. The van der Waals surface area contributed by atoms with Crippen LogP contribution in [0.2, 0.25) is 0 Å². The third-order valence-corrected chi connectivity index (χ3v) is 3.93. The van der Waals surface area contributed by atoms with E-state index in [0.29, 0.717) is 0 Å². The normalized spacial score (nSPS) is 15.3. The highest BCUT2D eigenvalue weighted by molar-refractivity contribution is 5.75. The molecule has 1 rings (SSSR count). The van der Waals surface area contributed by atoms with Crippen molar-refractivity contribution in [3.8, 4) is 0 Å². The lowest BCUT2D eigenvalue weighted by Crippen LogP contribution is -2.46. The zero-order valence-electron chi connectivity index (χ0n) is 17.8. The van der Waals surface area contributed by atoms with Crippen molar-refractivity contribution < 1.29 is 28.9 Å². The second-order valence-electron chi connectivity index (χ2n) is 8.68. The van der Waals surface area contributed by atoms with E-state index < -0.39 is 52.5 Å². The quantitative estimate of drug-likeness (QED) is 0.619. The predicted molar refractivity (Wildman–Crippen MR) is 103 cm³/mol. The van der Waals surface area contributed by atoms with Crippen molar-refractivity contribution in [1.82, 2.24) is 9.55 Å². The Morgan fingerprint density at radius 2 is 1.66 bits per heavy atom. The molecule has 0 saturated heterocycles. The lowest BCUT2D eigenvalue weighted by molar-refractivity contribution is -0.188. The predicted octanol–water partition coefficient (Wildman–Crippen LogP) is 0.590. The average molecular weight is 414 g/mol. The molecule has 0 unspecified atom stereocenters. The number of aromatic amines is 1. The fraction of sp³-hybridized carbons (Fsp3) is 0.684. The van der Waals surface area contributed by atoms with Crippen LogP contribution in [0.4, 0.5) is 0 Å². The molecule has 1 aromatic rings. The monoisotopic (exact) mass is 414 g/mol. The van der Waals surface area contributed by atoms with Gasteiger partial charge < -0.3 is 19.3 Å². The summed E-state index contributed by atoms with van der Waals surface area (Å²) in [7, 11) is 1.27. The molecule has 0 aromatic carbocycles. The first-order valence-electron chi connectivity index (χ1n) is 9.09. The van der Waals surface area contributed by atoms with Crippen molar-refractivity contribution in [3.63, 3.8) is 0 Å². The number of nitrogens with one attached hydrogen (secondary N) is 1. The molecular formula is C19H30N2O8. The topological polar surface area (TPSA) is 137 Å². The van der Waals surface area contributed by atoms with Crippen LogP contribution in [0.5, 0.6) is 0 Å². The molecule has 0 aliphatic heterocycles. The molecule has 10 nitrogen and oxygen atoms in total. The molecule has 0 radical (unpaired) electrons. The Balaban J connectivity index is 3.21. The Bertz CT molecular complexity index is 828. The van der Waals surface area contributed by atoms with E-state index in [0.717, 1.165) is 16.8 Å². The van der Waals surface area contributed by atoms with Crippen molar-refractivity contribution in [3.05, 3.63) is 33.1 Å². The third-order valence-electron chi connectivity index (χ3n) is 3.93. The fourth-order valence-corrected chi connectivity index (χ4v) is 2.07. The van der Waals surface area contributed by atoms with Gasteiger partial charge in [-0.25, -0.2) is 4.79 Å². The lowest BCUT2D eigenvalue weighted by atomic mass is 9.97. The second-order valence-corrected chi connectivity index (χ2v) is 8.68. The molecule has 0 amide bonds. The summed E-state index contributed by atoms with van der Waals surface area (Å²) in [4.78, 5) is 50.0. The minimum absolute atomic E-state index is 0.338. The van der Waals surface area contributed by atoms with Gasteiger partial charge in [0.25, 0.3) is 5.56 Å². The molecule has 1 heterocycles. The molecule has 0 saturated carbocycles. The minimum atomic E-state index is -1.58. The van der Waals surface area contributed by atoms with Crippen LogP contribution >= 0.6 is 0 Å². The van der Waals surface area contributed by atoms with Gasteiger partial charge in [-0.3, -0.25) is 23.9 Å². The summed E-state index contributed by atoms with van der Waals surface area (Å²) >= 11 is 0. The van der Waals surface area contributed by atoms with Crippen LogP contribution in [0.3, 0.4) is 0 Å². The Labute approximate surface area is 168 Å². The van der Waals surface area contributed by atoms with Crippen LogP contribution in [-0.2, 0) is 23.8 Å². The lowest BCUT2D eigenvalue weighted by Gasteiger charge is -2.31. The number of methoxy groups -OCH3 is 1. The molecule has 0 fully saturated rings. The molecule has 1 aromatic heterocycles. The molecule has 164 valence electrons. The molecule has 0 aliphatic carbocycles. The van der Waals surface area contributed by atoms with Gasteiger partial charge in [0.05, 0.1) is 10.8 Å². The standard InChI is InChI=1S/C19H30N2O8/c1-18(2,3)15(24)28-10-11(27-7)13(23)14(29-16(25)19(4,5)6)21-9-8-12(22)20-17(21)26/h8-9,11,13-14,23H,10H2,1-7H3,(H,20,22,26)/t11-,13-,14-/m1/s1. The van der Waals surface area contributed by atoms with Crippen LogP contribution in [0.25, 0.3) is 0 Å². The molecule has 2 N–H and O–H groups in total. The molecule has 10 heteroatoms. The van der Waals surface area contributed by atoms with Gasteiger partial charge in [-0.2, -0.15) is 0 Å². The van der Waals surface area contributed by atoms with E-state index in [1.165, 1.54) is 7.11 Å². The van der Waals surface area contributed by atoms with E-state index in [-0.39, 0.29) is 6.61 Å². The maximum Gasteiger partial charge on any atom is 0.331 e. The zero-order chi connectivity index (χ0) is 22.6. The second kappa shape index (κ2) is 9.36. The highest BCUT2D eigenvalue weighted by Crippen LogP contribution is 2.24. The van der Waals surface area contributed by atoms with E-state index in [4.69, 9.17) is 14.2 Å². The number of aliphatic hydroxyl groups excluding tert-OH is 1. The average Bonchev–Trinajstić information content (AvgIpc) is 2.58. The zero-order valence-corrected chi connectivity index (χ0v) is 17.8. The third kappa shape index (κ3) is 6.82. The van der Waals surface area contributed by atoms with Gasteiger partial charge in [0.15, 0.2) is 0 Å². The van der Waals surface area contributed by atoms with Crippen LogP contribution in [0.15, 0.2) is 21.9 Å². The number of H-pyrrole nitrogens is 1. The van der Waals surface area contributed by atoms with Crippen molar-refractivity contribution in [2.24, 2.45) is 10.8 Å². The molecule has 29 heavy (non-hydrogen) atoms. The minimum Gasteiger partial charge on any atom is -0.462 e. The van der Waals surface area contributed by atoms with E-state index in [9.17, 15) is 24.3 Å². The molecule has 0 spiro atoms. The maximum atomic E-state index is 12.4. The number of ether oxygens (including phenoxy) is 3. The Hall–Kier alpha value is -2.46. The number of hydrogen-bond acceptors (Lipinski definition) is 8. The van der Waals surface area contributed by atoms with Gasteiger partial charge in [-0.05, 0) is 41.5 Å². The number of aromatic nitrogens is 2. The number of carbonyl (C=O) groups excluding carboxylic acids is 2. The van der Waals surface area contributed by atoms with E-state index in [1.807, 2.05) is 4.98 Å². The molecule has 3 atom stereocenters. The number of nitrogens with zero attached hydrogens (tertiary/aromatic N) is 1. The summed E-state index contributed by atoms with van der Waals surface area (Å²) in [6, 6.07) is 1.05. The van der Waals surface area contributed by atoms with E-state index in [2.05, 4.69) is 0 Å². The summed E-state index contributed by atoms with van der Waals surface area (Å²) in [6.07, 6.45) is -3.12. The number of esters is 2. The van der Waals surface area contributed by atoms with E-state index >= 15 is 0 Å². The largest absolute Gasteiger partial charge is 0.462 e. The van der Waals surface area contributed by atoms with Crippen molar-refractivity contribution in [2.75, 3.05) is 13.7 Å². The van der Waals surface area contributed by atoms with Gasteiger partial charge in [0, 0.05) is 19.4 Å². The molecule has 0 aliphatic rings. The maximum absolute atomic E-state index is 12.4. The summed E-state index contributed by atoms with van der Waals surface area (Å²) in [5, 5.41) is 10.8. The van der Waals surface area contributed by atoms with Crippen molar-refractivity contribution >= 4 is 11.9 Å². The van der Waals surface area contributed by atoms with Crippen LogP contribution < -0.4 is 11.2 Å². The first kappa shape index (κ1) is 24.6. The van der Waals surface area contributed by atoms with Gasteiger partial charge in [0.2, 0.25) is 6.23 Å². The van der Waals surface area contributed by atoms with Crippen LogP contribution in [0.1, 0.15) is 47.8 Å². The molecule has 0 bridgehead atoms. The van der Waals surface area contributed by atoms with Crippen molar-refractivity contribution in [2.45, 2.75) is 60.0 Å². The first-order valence-corrected chi connectivity index (χ1v) is 9.09. The number of aliphatic hydroxyl groups is 1. The Morgan fingerprint density at radius 1 is 1.10 bits per heavy atom. The smallest absolute Gasteiger partial charge is 0.331 e. The highest BCUT2D eigenvalue weighted by Gasteiger charge is 2.37. The SMILES string of the molecule is CO[C@H](COC(=O)C(C)(C)C)[C@@H](O)[C@@H](OC(=O)C(C)(C)C)n1ccc(=O)[nH]c1=O. The summed E-state index contributed by atoms with van der Waals surface area (Å²) in [5.74, 6) is -1.21. The summed E-state index contributed by atoms with van der Waals surface area (Å²) in [5.41, 5.74) is -3.23. The van der Waals surface area contributed by atoms with Gasteiger partial charge in [0.1, 0.15) is 18.8 Å². The number of rotatable bonds is 7. The fourth-order valence-electron chi connectivity index (χ4n) is 2.07.